The van der Waals surface area contributed by atoms with Crippen molar-refractivity contribution in [3.63, 3.8) is 0 Å². The molecule has 0 unspecified atom stereocenters. The van der Waals surface area contributed by atoms with Crippen LogP contribution in [0.5, 0.6) is 0 Å². The highest BCUT2D eigenvalue weighted by molar-refractivity contribution is 5.24. The molecular formula is C13H18O2. The molecule has 2 rings (SSSR count). The summed E-state index contributed by atoms with van der Waals surface area (Å²) < 4.78 is 0. The number of hydrogen-bond donors (Lipinski definition) is 2. The molecule has 0 saturated heterocycles. The maximum absolute atomic E-state index is 10.5. The molecule has 2 N–H and O–H groups in total. The standard InChI is InChI=1S/C13H18O2/c14-12-9-5-2-6-10-13(12,15)11-7-3-1-4-8-11/h1,3-4,7-8,12,14-15H,2,5-6,9-10H2/t12-,13-/m1/s1. The van der Waals surface area contributed by atoms with Crippen molar-refractivity contribution in [2.24, 2.45) is 0 Å². The van der Waals surface area contributed by atoms with Crippen molar-refractivity contribution in [2.45, 2.75) is 43.8 Å². The van der Waals surface area contributed by atoms with Crippen molar-refractivity contribution in [2.75, 3.05) is 0 Å². The molecule has 1 aliphatic carbocycles. The molecule has 2 heteroatoms. The summed E-state index contributed by atoms with van der Waals surface area (Å²) in [6, 6.07) is 9.54. The third kappa shape index (κ3) is 2.06. The molecule has 15 heavy (non-hydrogen) atoms. The third-order valence-electron chi connectivity index (χ3n) is 3.36. The van der Waals surface area contributed by atoms with Gasteiger partial charge >= 0.3 is 0 Å². The Balaban J connectivity index is 2.30. The van der Waals surface area contributed by atoms with Crippen molar-refractivity contribution in [1.82, 2.24) is 0 Å². The van der Waals surface area contributed by atoms with E-state index in [9.17, 15) is 10.2 Å². The van der Waals surface area contributed by atoms with E-state index < -0.39 is 11.7 Å². The van der Waals surface area contributed by atoms with Gasteiger partial charge in [0, 0.05) is 0 Å². The number of benzene rings is 1. The molecule has 2 atom stereocenters. The Hall–Kier alpha value is -0.860. The van der Waals surface area contributed by atoms with Crippen LogP contribution in [0.1, 0.15) is 37.7 Å². The Morgan fingerprint density at radius 3 is 2.53 bits per heavy atom. The van der Waals surface area contributed by atoms with Gasteiger partial charge in [0.15, 0.2) is 0 Å². The van der Waals surface area contributed by atoms with E-state index in [0.717, 1.165) is 24.8 Å². The summed E-state index contributed by atoms with van der Waals surface area (Å²) in [7, 11) is 0. The van der Waals surface area contributed by atoms with Gasteiger partial charge in [0.25, 0.3) is 0 Å². The van der Waals surface area contributed by atoms with Gasteiger partial charge in [-0.1, -0.05) is 49.6 Å². The van der Waals surface area contributed by atoms with Crippen LogP contribution in [-0.2, 0) is 5.60 Å². The van der Waals surface area contributed by atoms with Crippen molar-refractivity contribution < 1.29 is 10.2 Å². The number of hydrogen-bond acceptors (Lipinski definition) is 2. The molecule has 2 nitrogen and oxygen atoms in total. The van der Waals surface area contributed by atoms with Crippen molar-refractivity contribution in [3.8, 4) is 0 Å². The minimum Gasteiger partial charge on any atom is -0.390 e. The van der Waals surface area contributed by atoms with Crippen LogP contribution in [0.3, 0.4) is 0 Å². The normalized spacial score (nSPS) is 32.3. The largest absolute Gasteiger partial charge is 0.390 e. The zero-order valence-electron chi connectivity index (χ0n) is 8.89. The zero-order chi connectivity index (χ0) is 10.7. The van der Waals surface area contributed by atoms with Crippen LogP contribution in [-0.4, -0.2) is 16.3 Å². The van der Waals surface area contributed by atoms with E-state index in [1.807, 2.05) is 30.3 Å². The molecule has 1 aromatic rings. The fourth-order valence-corrected chi connectivity index (χ4v) is 2.38. The molecule has 0 spiro atoms. The van der Waals surface area contributed by atoms with Gasteiger partial charge in [-0.15, -0.1) is 0 Å². The Morgan fingerprint density at radius 2 is 1.80 bits per heavy atom. The Morgan fingerprint density at radius 1 is 1.07 bits per heavy atom. The molecule has 0 aromatic heterocycles. The quantitative estimate of drug-likeness (QED) is 0.691. The summed E-state index contributed by atoms with van der Waals surface area (Å²) in [4.78, 5) is 0. The van der Waals surface area contributed by atoms with Crippen molar-refractivity contribution >= 4 is 0 Å². The van der Waals surface area contributed by atoms with E-state index in [0.29, 0.717) is 12.8 Å². The summed E-state index contributed by atoms with van der Waals surface area (Å²) in [5.74, 6) is 0. The lowest BCUT2D eigenvalue weighted by Crippen LogP contribution is -2.38. The minimum atomic E-state index is -1.03. The first-order valence-electron chi connectivity index (χ1n) is 5.69. The van der Waals surface area contributed by atoms with E-state index in [1.54, 1.807) is 0 Å². The Kier molecular flexibility index (Phi) is 3.08. The highest BCUT2D eigenvalue weighted by Crippen LogP contribution is 2.35. The molecule has 1 aliphatic rings. The van der Waals surface area contributed by atoms with Crippen molar-refractivity contribution in [3.05, 3.63) is 35.9 Å². The lowest BCUT2D eigenvalue weighted by molar-refractivity contribution is -0.0845. The third-order valence-corrected chi connectivity index (χ3v) is 3.36. The van der Waals surface area contributed by atoms with E-state index in [4.69, 9.17) is 0 Å². The highest BCUT2D eigenvalue weighted by Gasteiger charge is 2.37. The minimum absolute atomic E-state index is 0.623. The van der Waals surface area contributed by atoms with Gasteiger partial charge in [0.05, 0.1) is 6.10 Å². The monoisotopic (exact) mass is 206 g/mol. The second kappa shape index (κ2) is 4.33. The van der Waals surface area contributed by atoms with Gasteiger partial charge in [-0.25, -0.2) is 0 Å². The second-order valence-corrected chi connectivity index (χ2v) is 4.41. The molecule has 0 heterocycles. The van der Waals surface area contributed by atoms with Gasteiger partial charge in [-0.2, -0.15) is 0 Å². The lowest BCUT2D eigenvalue weighted by atomic mass is 9.84. The van der Waals surface area contributed by atoms with E-state index >= 15 is 0 Å². The summed E-state index contributed by atoms with van der Waals surface area (Å²) in [5.41, 5.74) is -0.183. The Bertz CT molecular complexity index is 310. The molecule has 0 amide bonds. The van der Waals surface area contributed by atoms with E-state index in [-0.39, 0.29) is 0 Å². The van der Waals surface area contributed by atoms with Crippen LogP contribution in [0.4, 0.5) is 0 Å². The predicted molar refractivity (Wildman–Crippen MR) is 59.4 cm³/mol. The zero-order valence-corrected chi connectivity index (χ0v) is 8.89. The molecule has 1 fully saturated rings. The molecule has 82 valence electrons. The van der Waals surface area contributed by atoms with Crippen LogP contribution < -0.4 is 0 Å². The average Bonchev–Trinajstić information content (AvgIpc) is 2.44. The SMILES string of the molecule is O[C@@H]1CCCCC[C@@]1(O)c1ccccc1. The topological polar surface area (TPSA) is 40.5 Å². The summed E-state index contributed by atoms with van der Waals surface area (Å²) >= 11 is 0. The van der Waals surface area contributed by atoms with Gasteiger partial charge in [0.1, 0.15) is 5.60 Å². The highest BCUT2D eigenvalue weighted by atomic mass is 16.3. The number of rotatable bonds is 1. The van der Waals surface area contributed by atoms with Crippen LogP contribution in [0.25, 0.3) is 0 Å². The summed E-state index contributed by atoms with van der Waals surface area (Å²) in [6.07, 6.45) is 3.84. The molecule has 1 aromatic carbocycles. The van der Waals surface area contributed by atoms with Gasteiger partial charge in [-0.3, -0.25) is 0 Å². The summed E-state index contributed by atoms with van der Waals surface area (Å²) in [6.45, 7) is 0. The maximum Gasteiger partial charge on any atom is 0.115 e. The lowest BCUT2D eigenvalue weighted by Gasteiger charge is -2.32. The second-order valence-electron chi connectivity index (χ2n) is 4.41. The smallest absolute Gasteiger partial charge is 0.115 e. The van der Waals surface area contributed by atoms with Crippen LogP contribution in [0.2, 0.25) is 0 Å². The number of aliphatic hydroxyl groups is 2. The number of aliphatic hydroxyl groups excluding tert-OH is 1. The fraction of sp³-hybridized carbons (Fsp3) is 0.538. The average molecular weight is 206 g/mol. The van der Waals surface area contributed by atoms with Crippen LogP contribution >= 0.6 is 0 Å². The first-order chi connectivity index (χ1) is 7.23. The first-order valence-corrected chi connectivity index (χ1v) is 5.69. The molecule has 0 bridgehead atoms. The van der Waals surface area contributed by atoms with Crippen LogP contribution in [0, 0.1) is 0 Å². The van der Waals surface area contributed by atoms with Gasteiger partial charge in [-0.05, 0) is 18.4 Å². The predicted octanol–water partition coefficient (Wildman–Crippen LogP) is 2.20. The maximum atomic E-state index is 10.5. The van der Waals surface area contributed by atoms with E-state index in [1.165, 1.54) is 0 Å². The molecule has 0 aliphatic heterocycles. The molecule has 0 radical (unpaired) electrons. The van der Waals surface area contributed by atoms with E-state index in [2.05, 4.69) is 0 Å². The van der Waals surface area contributed by atoms with Gasteiger partial charge in [0.2, 0.25) is 0 Å². The molecule has 1 saturated carbocycles. The van der Waals surface area contributed by atoms with Crippen LogP contribution in [0.15, 0.2) is 30.3 Å². The Labute approximate surface area is 90.6 Å². The molecular weight excluding hydrogens is 188 g/mol. The van der Waals surface area contributed by atoms with Crippen molar-refractivity contribution in [1.29, 1.82) is 0 Å². The summed E-state index contributed by atoms with van der Waals surface area (Å²) in [5, 5.41) is 20.6. The fourth-order valence-electron chi connectivity index (χ4n) is 2.38. The van der Waals surface area contributed by atoms with Gasteiger partial charge < -0.3 is 10.2 Å². The first kappa shape index (κ1) is 10.7.